The minimum Gasteiger partial charge on any atom is -0.335 e. The molecular formula is C16H23N3. The number of imidazole rings is 1. The van der Waals surface area contributed by atoms with Crippen LogP contribution < -0.4 is 5.73 Å². The van der Waals surface area contributed by atoms with Gasteiger partial charge in [0.05, 0.1) is 0 Å². The van der Waals surface area contributed by atoms with Gasteiger partial charge in [-0.15, -0.1) is 0 Å². The van der Waals surface area contributed by atoms with Crippen molar-refractivity contribution >= 4 is 0 Å². The second-order valence-corrected chi connectivity index (χ2v) is 5.52. The zero-order chi connectivity index (χ0) is 14.0. The van der Waals surface area contributed by atoms with Crippen LogP contribution in [0.2, 0.25) is 0 Å². The highest BCUT2D eigenvalue weighted by Crippen LogP contribution is 2.24. The van der Waals surface area contributed by atoms with Crippen molar-refractivity contribution in [3.63, 3.8) is 0 Å². The molecular weight excluding hydrogens is 234 g/mol. The molecule has 0 aliphatic heterocycles. The summed E-state index contributed by atoms with van der Waals surface area (Å²) in [5.74, 6) is 1.05. The molecule has 1 unspecified atom stereocenters. The molecule has 1 heterocycles. The minimum absolute atomic E-state index is 0.392. The van der Waals surface area contributed by atoms with Crippen molar-refractivity contribution in [3.8, 4) is 0 Å². The Balaban J connectivity index is 2.29. The van der Waals surface area contributed by atoms with E-state index in [9.17, 15) is 0 Å². The number of hydrogen-bond donors (Lipinski definition) is 1. The lowest BCUT2D eigenvalue weighted by Crippen LogP contribution is -2.36. The van der Waals surface area contributed by atoms with Crippen molar-refractivity contribution in [2.75, 3.05) is 0 Å². The van der Waals surface area contributed by atoms with Gasteiger partial charge in [-0.25, -0.2) is 4.98 Å². The highest BCUT2D eigenvalue weighted by molar-refractivity contribution is 5.34. The topological polar surface area (TPSA) is 43.8 Å². The molecule has 0 aliphatic carbocycles. The molecule has 0 saturated heterocycles. The first-order chi connectivity index (χ1) is 8.94. The van der Waals surface area contributed by atoms with Crippen LogP contribution in [0.1, 0.15) is 36.4 Å². The minimum atomic E-state index is -0.392. The number of aryl methyl sites for hydroxylation is 3. The third-order valence-electron chi connectivity index (χ3n) is 3.83. The molecule has 0 fully saturated rings. The fourth-order valence-corrected chi connectivity index (χ4v) is 2.32. The highest BCUT2D eigenvalue weighted by atomic mass is 15.1. The van der Waals surface area contributed by atoms with E-state index in [0.29, 0.717) is 0 Å². The maximum Gasteiger partial charge on any atom is 0.110 e. The predicted molar refractivity (Wildman–Crippen MR) is 79.1 cm³/mol. The van der Waals surface area contributed by atoms with Gasteiger partial charge in [0.15, 0.2) is 0 Å². The van der Waals surface area contributed by atoms with Crippen LogP contribution in [-0.4, -0.2) is 9.55 Å². The Kier molecular flexibility index (Phi) is 3.76. The summed E-state index contributed by atoms with van der Waals surface area (Å²) in [5, 5.41) is 0. The molecule has 1 atom stereocenters. The molecule has 3 heteroatoms. The molecule has 1 aromatic carbocycles. The maximum atomic E-state index is 6.52. The number of aromatic nitrogens is 2. The zero-order valence-electron chi connectivity index (χ0n) is 12.3. The zero-order valence-corrected chi connectivity index (χ0v) is 12.3. The molecule has 19 heavy (non-hydrogen) atoms. The van der Waals surface area contributed by atoms with Crippen LogP contribution in [0.5, 0.6) is 0 Å². The van der Waals surface area contributed by atoms with Crippen molar-refractivity contribution in [2.24, 2.45) is 5.73 Å². The average Bonchev–Trinajstić information content (AvgIpc) is 2.79. The van der Waals surface area contributed by atoms with E-state index in [1.807, 2.05) is 12.4 Å². The van der Waals surface area contributed by atoms with Crippen LogP contribution in [0.25, 0.3) is 0 Å². The Labute approximate surface area is 115 Å². The van der Waals surface area contributed by atoms with Crippen LogP contribution >= 0.6 is 0 Å². The molecule has 2 rings (SSSR count). The monoisotopic (exact) mass is 257 g/mol. The highest BCUT2D eigenvalue weighted by Gasteiger charge is 2.24. The predicted octanol–water partition coefficient (Wildman–Crippen LogP) is 2.94. The van der Waals surface area contributed by atoms with Crippen molar-refractivity contribution in [1.82, 2.24) is 9.55 Å². The quantitative estimate of drug-likeness (QED) is 0.915. The van der Waals surface area contributed by atoms with Gasteiger partial charge >= 0.3 is 0 Å². The molecule has 2 N–H and O–H groups in total. The van der Waals surface area contributed by atoms with Gasteiger partial charge in [-0.05, 0) is 44.4 Å². The van der Waals surface area contributed by atoms with Crippen molar-refractivity contribution in [3.05, 3.63) is 53.1 Å². The van der Waals surface area contributed by atoms with E-state index < -0.39 is 5.54 Å². The standard InChI is InChI=1S/C16H23N3/c1-5-19-9-8-18-15(19)11-16(4,17)14-7-6-12(2)13(3)10-14/h6-10H,5,11,17H2,1-4H3. The lowest BCUT2D eigenvalue weighted by molar-refractivity contribution is 0.465. The van der Waals surface area contributed by atoms with Crippen molar-refractivity contribution in [2.45, 2.75) is 46.2 Å². The number of nitrogens with zero attached hydrogens (tertiary/aromatic N) is 2. The summed E-state index contributed by atoms with van der Waals surface area (Å²) < 4.78 is 2.14. The van der Waals surface area contributed by atoms with Gasteiger partial charge < -0.3 is 10.3 Å². The molecule has 0 bridgehead atoms. The van der Waals surface area contributed by atoms with Gasteiger partial charge in [-0.1, -0.05) is 18.2 Å². The maximum absolute atomic E-state index is 6.52. The summed E-state index contributed by atoms with van der Waals surface area (Å²) in [6.07, 6.45) is 4.59. The summed E-state index contributed by atoms with van der Waals surface area (Å²) in [6, 6.07) is 6.46. The first-order valence-electron chi connectivity index (χ1n) is 6.80. The van der Waals surface area contributed by atoms with Crippen molar-refractivity contribution < 1.29 is 0 Å². The summed E-state index contributed by atoms with van der Waals surface area (Å²) in [7, 11) is 0. The van der Waals surface area contributed by atoms with Crippen LogP contribution in [-0.2, 0) is 18.5 Å². The van der Waals surface area contributed by atoms with Crippen LogP contribution in [0, 0.1) is 13.8 Å². The van der Waals surface area contributed by atoms with Crippen LogP contribution in [0.15, 0.2) is 30.6 Å². The number of nitrogens with two attached hydrogens (primary N) is 1. The molecule has 102 valence electrons. The Morgan fingerprint density at radius 3 is 2.63 bits per heavy atom. The van der Waals surface area contributed by atoms with E-state index in [1.165, 1.54) is 16.7 Å². The molecule has 0 amide bonds. The molecule has 3 nitrogen and oxygen atoms in total. The van der Waals surface area contributed by atoms with E-state index in [1.54, 1.807) is 0 Å². The van der Waals surface area contributed by atoms with Gasteiger partial charge in [0.1, 0.15) is 5.82 Å². The SMILES string of the molecule is CCn1ccnc1CC(C)(N)c1ccc(C)c(C)c1. The van der Waals surface area contributed by atoms with Gasteiger partial charge in [0.25, 0.3) is 0 Å². The first-order valence-corrected chi connectivity index (χ1v) is 6.80. The Morgan fingerprint density at radius 1 is 1.26 bits per heavy atom. The van der Waals surface area contributed by atoms with Crippen LogP contribution in [0.4, 0.5) is 0 Å². The van der Waals surface area contributed by atoms with E-state index in [2.05, 4.69) is 55.4 Å². The fourth-order valence-electron chi connectivity index (χ4n) is 2.32. The van der Waals surface area contributed by atoms with Crippen molar-refractivity contribution in [1.29, 1.82) is 0 Å². The third-order valence-corrected chi connectivity index (χ3v) is 3.83. The van der Waals surface area contributed by atoms with Gasteiger partial charge in [0.2, 0.25) is 0 Å². The molecule has 1 aromatic heterocycles. The summed E-state index contributed by atoms with van der Waals surface area (Å²) >= 11 is 0. The molecule has 2 aromatic rings. The number of hydrogen-bond acceptors (Lipinski definition) is 2. The summed E-state index contributed by atoms with van der Waals surface area (Å²) in [5.41, 5.74) is 9.88. The van der Waals surface area contributed by atoms with E-state index in [-0.39, 0.29) is 0 Å². The second kappa shape index (κ2) is 5.17. The Bertz CT molecular complexity index is 567. The summed E-state index contributed by atoms with van der Waals surface area (Å²) in [4.78, 5) is 4.42. The number of benzene rings is 1. The largest absolute Gasteiger partial charge is 0.335 e. The molecule has 0 saturated carbocycles. The van der Waals surface area contributed by atoms with Gasteiger partial charge in [0, 0.05) is 30.9 Å². The van der Waals surface area contributed by atoms with E-state index >= 15 is 0 Å². The van der Waals surface area contributed by atoms with E-state index in [0.717, 1.165) is 18.8 Å². The molecule has 0 radical (unpaired) electrons. The van der Waals surface area contributed by atoms with E-state index in [4.69, 9.17) is 5.73 Å². The molecule has 0 spiro atoms. The lowest BCUT2D eigenvalue weighted by atomic mass is 9.87. The van der Waals surface area contributed by atoms with Crippen LogP contribution in [0.3, 0.4) is 0 Å². The third kappa shape index (κ3) is 2.87. The normalized spacial score (nSPS) is 14.4. The van der Waals surface area contributed by atoms with Gasteiger partial charge in [-0.3, -0.25) is 0 Å². The van der Waals surface area contributed by atoms with Gasteiger partial charge in [-0.2, -0.15) is 0 Å². The Hall–Kier alpha value is -1.61. The smallest absolute Gasteiger partial charge is 0.110 e. The number of rotatable bonds is 4. The molecule has 0 aliphatic rings. The second-order valence-electron chi connectivity index (χ2n) is 5.52. The average molecular weight is 257 g/mol. The lowest BCUT2D eigenvalue weighted by Gasteiger charge is -2.26. The Morgan fingerprint density at radius 2 is 2.00 bits per heavy atom. The fraction of sp³-hybridized carbons (Fsp3) is 0.438. The summed E-state index contributed by atoms with van der Waals surface area (Å²) in [6.45, 7) is 9.37. The first kappa shape index (κ1) is 13.8.